The Hall–Kier alpha value is -2.27. The molecule has 3 aliphatic carbocycles. The van der Waals surface area contributed by atoms with Crippen molar-refractivity contribution in [2.45, 2.75) is 90.6 Å². The highest BCUT2D eigenvalue weighted by molar-refractivity contribution is 7.13. The van der Waals surface area contributed by atoms with Crippen LogP contribution in [0.4, 0.5) is 0 Å². The molecule has 2 heterocycles. The largest absolute Gasteiger partial charge is 0.481 e. The first-order chi connectivity index (χ1) is 18.4. The number of rotatable bonds is 9. The molecule has 1 aromatic carbocycles. The van der Waals surface area contributed by atoms with Gasteiger partial charge in [0.2, 0.25) is 5.91 Å². The second-order valence-corrected chi connectivity index (χ2v) is 13.5. The highest BCUT2D eigenvalue weighted by Crippen LogP contribution is 2.65. The first kappa shape index (κ1) is 28.3. The van der Waals surface area contributed by atoms with E-state index in [-0.39, 0.29) is 28.7 Å². The van der Waals surface area contributed by atoms with E-state index in [1.54, 1.807) is 5.38 Å². The maximum absolute atomic E-state index is 13.5. The quantitative estimate of drug-likeness (QED) is 0.404. The Morgan fingerprint density at radius 2 is 1.87 bits per heavy atom. The summed E-state index contributed by atoms with van der Waals surface area (Å²) in [5, 5.41) is 18.6. The zero-order valence-electron chi connectivity index (χ0n) is 23.6. The number of carbonyl (C=O) groups excluding carboxylic acids is 2. The van der Waals surface area contributed by atoms with Crippen LogP contribution in [0, 0.1) is 23.2 Å². The van der Waals surface area contributed by atoms with Gasteiger partial charge in [-0.25, -0.2) is 4.98 Å². The summed E-state index contributed by atoms with van der Waals surface area (Å²) in [6.07, 6.45) is 1.64. The molecule has 0 unspecified atom stereocenters. The van der Waals surface area contributed by atoms with Crippen molar-refractivity contribution in [2.24, 2.45) is 23.2 Å². The molecule has 4 aliphatic rings. The van der Waals surface area contributed by atoms with Crippen molar-refractivity contribution < 1.29 is 24.0 Å². The smallest absolute Gasteiger partial charge is 0.404 e. The SMILES string of the molecule is CC(C)C[C@H](NC(=O)[C@@H](NC(=O)c1csc(-c2ccccc2)n1)[C@@H](C)O)B1O[C@@H]2C[C@H]3C[C@H](C3(C)C)[C@]2(C)O1. The third kappa shape index (κ3) is 5.28. The summed E-state index contributed by atoms with van der Waals surface area (Å²) in [5.41, 5.74) is 0.951. The highest BCUT2D eigenvalue weighted by Gasteiger charge is 2.68. The second-order valence-electron chi connectivity index (χ2n) is 12.7. The topological polar surface area (TPSA) is 110 Å². The molecule has 1 aromatic heterocycles. The summed E-state index contributed by atoms with van der Waals surface area (Å²) in [7, 11) is -0.584. The van der Waals surface area contributed by atoms with Crippen molar-refractivity contribution in [2.75, 3.05) is 0 Å². The molecule has 1 aliphatic heterocycles. The zero-order valence-corrected chi connectivity index (χ0v) is 24.5. The van der Waals surface area contributed by atoms with Crippen LogP contribution in [0.3, 0.4) is 0 Å². The first-order valence-corrected chi connectivity index (χ1v) is 14.9. The second kappa shape index (κ2) is 10.6. The molecule has 3 N–H and O–H groups in total. The fourth-order valence-corrected chi connectivity index (χ4v) is 7.61. The Balaban J connectivity index is 1.27. The molecule has 10 heteroatoms. The molecule has 2 aromatic rings. The maximum Gasteiger partial charge on any atom is 0.481 e. The van der Waals surface area contributed by atoms with Crippen LogP contribution in [-0.4, -0.2) is 58.8 Å². The standard InChI is InChI=1S/C29H40BN3O5S/c1-16(2)12-23(30-37-22-14-19-13-21(28(19,4)5)29(22,6)38-30)32-26(36)24(17(3)34)33-25(35)20-15-39-27(31-20)18-10-8-7-9-11-18/h7-11,15-17,19,21-24,34H,12-14H2,1-6H3,(H,32,36)(H,33,35)/t17-,19-,21-,22-,23+,24+,29+/m1/s1. The van der Waals surface area contributed by atoms with Gasteiger partial charge in [-0.2, -0.15) is 0 Å². The Bertz CT molecular complexity index is 1200. The van der Waals surface area contributed by atoms with E-state index in [4.69, 9.17) is 9.31 Å². The Labute approximate surface area is 235 Å². The number of amides is 2. The van der Waals surface area contributed by atoms with Crippen LogP contribution in [0.2, 0.25) is 0 Å². The number of thiazole rings is 1. The fraction of sp³-hybridized carbons (Fsp3) is 0.621. The van der Waals surface area contributed by atoms with Crippen LogP contribution >= 0.6 is 11.3 Å². The van der Waals surface area contributed by atoms with E-state index in [0.29, 0.717) is 23.3 Å². The Morgan fingerprint density at radius 3 is 2.51 bits per heavy atom. The molecule has 39 heavy (non-hydrogen) atoms. The van der Waals surface area contributed by atoms with Gasteiger partial charge in [0, 0.05) is 10.9 Å². The Kier molecular flexibility index (Phi) is 7.69. The van der Waals surface area contributed by atoms with Gasteiger partial charge in [0.25, 0.3) is 5.91 Å². The molecular formula is C29H40BN3O5S. The summed E-state index contributed by atoms with van der Waals surface area (Å²) in [6.45, 7) is 12.5. The third-order valence-electron chi connectivity index (χ3n) is 9.16. The monoisotopic (exact) mass is 553 g/mol. The van der Waals surface area contributed by atoms with Crippen LogP contribution in [-0.2, 0) is 14.1 Å². The van der Waals surface area contributed by atoms with Crippen molar-refractivity contribution in [3.05, 3.63) is 41.4 Å². The summed E-state index contributed by atoms with van der Waals surface area (Å²) in [4.78, 5) is 31.0. The lowest BCUT2D eigenvalue weighted by Crippen LogP contribution is -2.65. The van der Waals surface area contributed by atoms with E-state index in [0.717, 1.165) is 18.4 Å². The van der Waals surface area contributed by atoms with E-state index < -0.39 is 37.0 Å². The van der Waals surface area contributed by atoms with Crippen molar-refractivity contribution in [1.82, 2.24) is 15.6 Å². The number of aliphatic hydroxyl groups excluding tert-OH is 1. The van der Waals surface area contributed by atoms with Gasteiger partial charge in [0.1, 0.15) is 16.7 Å². The van der Waals surface area contributed by atoms with Crippen LogP contribution in [0.25, 0.3) is 10.6 Å². The molecule has 0 spiro atoms. The molecule has 2 amide bonds. The summed E-state index contributed by atoms with van der Waals surface area (Å²) < 4.78 is 13.1. The van der Waals surface area contributed by atoms with Gasteiger partial charge in [-0.3, -0.25) is 9.59 Å². The molecule has 7 atom stereocenters. The molecule has 1 saturated heterocycles. The minimum atomic E-state index is -1.15. The van der Waals surface area contributed by atoms with Gasteiger partial charge in [-0.1, -0.05) is 58.0 Å². The van der Waals surface area contributed by atoms with Crippen LogP contribution in [0.1, 0.15) is 71.3 Å². The van der Waals surface area contributed by atoms with E-state index >= 15 is 0 Å². The average Bonchev–Trinajstić information content (AvgIpc) is 3.51. The molecule has 4 fully saturated rings. The minimum absolute atomic E-state index is 0.00146. The molecule has 0 radical (unpaired) electrons. The van der Waals surface area contributed by atoms with Crippen molar-refractivity contribution in [3.8, 4) is 10.6 Å². The first-order valence-electron chi connectivity index (χ1n) is 14.0. The molecular weight excluding hydrogens is 513 g/mol. The van der Waals surface area contributed by atoms with Gasteiger partial charge < -0.3 is 25.0 Å². The third-order valence-corrected chi connectivity index (χ3v) is 10.1. The number of hydrogen-bond acceptors (Lipinski definition) is 7. The summed E-state index contributed by atoms with van der Waals surface area (Å²) in [5.74, 6) is -0.0823. The zero-order chi connectivity index (χ0) is 28.1. The van der Waals surface area contributed by atoms with E-state index in [2.05, 4.69) is 50.2 Å². The van der Waals surface area contributed by atoms with Crippen LogP contribution in [0.5, 0.6) is 0 Å². The van der Waals surface area contributed by atoms with Gasteiger partial charge >= 0.3 is 7.12 Å². The van der Waals surface area contributed by atoms with E-state index in [1.807, 2.05) is 30.3 Å². The minimum Gasteiger partial charge on any atom is -0.404 e. The van der Waals surface area contributed by atoms with Gasteiger partial charge in [-0.05, 0) is 56.3 Å². The number of carbonyl (C=O) groups is 2. The van der Waals surface area contributed by atoms with Crippen LogP contribution in [0.15, 0.2) is 35.7 Å². The highest BCUT2D eigenvalue weighted by atomic mass is 32.1. The molecule has 210 valence electrons. The number of aromatic nitrogens is 1. The Morgan fingerprint density at radius 1 is 1.15 bits per heavy atom. The molecule has 2 bridgehead atoms. The lowest BCUT2D eigenvalue weighted by atomic mass is 9.43. The fourth-order valence-electron chi connectivity index (χ4n) is 6.80. The molecule has 6 rings (SSSR count). The maximum atomic E-state index is 13.5. The molecule has 3 saturated carbocycles. The van der Waals surface area contributed by atoms with Gasteiger partial charge in [0.15, 0.2) is 0 Å². The summed E-state index contributed by atoms with van der Waals surface area (Å²) in [6, 6.07) is 8.44. The van der Waals surface area contributed by atoms with Gasteiger partial charge in [0.05, 0.1) is 23.8 Å². The predicted molar refractivity (Wildman–Crippen MR) is 152 cm³/mol. The predicted octanol–water partition coefficient (Wildman–Crippen LogP) is 4.09. The number of nitrogens with zero attached hydrogens (tertiary/aromatic N) is 1. The lowest BCUT2D eigenvalue weighted by Gasteiger charge is -2.64. The van der Waals surface area contributed by atoms with Crippen LogP contribution < -0.4 is 10.6 Å². The lowest BCUT2D eigenvalue weighted by molar-refractivity contribution is -0.199. The normalized spacial score (nSPS) is 29.2. The number of nitrogens with one attached hydrogen (secondary N) is 2. The summed E-state index contributed by atoms with van der Waals surface area (Å²) >= 11 is 1.35. The average molecular weight is 554 g/mol. The molecule has 8 nitrogen and oxygen atoms in total. The number of aliphatic hydroxyl groups is 1. The number of benzene rings is 1. The van der Waals surface area contributed by atoms with Crippen molar-refractivity contribution >= 4 is 30.3 Å². The van der Waals surface area contributed by atoms with Crippen molar-refractivity contribution in [1.29, 1.82) is 0 Å². The number of hydrogen-bond donors (Lipinski definition) is 3. The van der Waals surface area contributed by atoms with E-state index in [1.165, 1.54) is 18.3 Å². The van der Waals surface area contributed by atoms with E-state index in [9.17, 15) is 14.7 Å². The van der Waals surface area contributed by atoms with Crippen molar-refractivity contribution in [3.63, 3.8) is 0 Å². The van der Waals surface area contributed by atoms with Gasteiger partial charge in [-0.15, -0.1) is 11.3 Å².